The SMILES string of the molecule is N#Cc1c(-c2ccccc2)nc(NN=Cc2ccc3[nH]ccc3c2)[nH]c1=O. The van der Waals surface area contributed by atoms with Gasteiger partial charge in [-0.15, -0.1) is 0 Å². The number of nitrogens with one attached hydrogen (secondary N) is 3. The summed E-state index contributed by atoms with van der Waals surface area (Å²) < 4.78 is 0. The molecule has 0 radical (unpaired) electrons. The third-order valence-corrected chi connectivity index (χ3v) is 4.04. The lowest BCUT2D eigenvalue weighted by Gasteiger charge is -2.05. The quantitative estimate of drug-likeness (QED) is 0.386. The Morgan fingerprint density at radius 2 is 2.00 bits per heavy atom. The summed E-state index contributed by atoms with van der Waals surface area (Å²) in [6.45, 7) is 0. The second-order valence-corrected chi connectivity index (χ2v) is 5.81. The molecule has 0 unspecified atom stereocenters. The number of nitriles is 1. The monoisotopic (exact) mass is 354 g/mol. The normalized spacial score (nSPS) is 10.9. The van der Waals surface area contributed by atoms with Gasteiger partial charge in [-0.2, -0.15) is 10.4 Å². The highest BCUT2D eigenvalue weighted by atomic mass is 16.1. The van der Waals surface area contributed by atoms with Crippen LogP contribution in [0.4, 0.5) is 5.95 Å². The number of rotatable bonds is 4. The zero-order chi connectivity index (χ0) is 18.6. The Morgan fingerprint density at radius 1 is 1.15 bits per heavy atom. The van der Waals surface area contributed by atoms with Crippen molar-refractivity contribution < 1.29 is 0 Å². The van der Waals surface area contributed by atoms with E-state index in [4.69, 9.17) is 0 Å². The number of hydrogen-bond acceptors (Lipinski definition) is 5. The fourth-order valence-corrected chi connectivity index (χ4v) is 2.75. The van der Waals surface area contributed by atoms with Gasteiger partial charge in [0.05, 0.1) is 11.9 Å². The van der Waals surface area contributed by atoms with Crippen LogP contribution in [0.15, 0.2) is 70.7 Å². The smallest absolute Gasteiger partial charge is 0.270 e. The van der Waals surface area contributed by atoms with Crippen molar-refractivity contribution in [3.63, 3.8) is 0 Å². The molecule has 0 saturated heterocycles. The summed E-state index contributed by atoms with van der Waals surface area (Å²) in [5.74, 6) is 0.164. The predicted octanol–water partition coefficient (Wildman–Crippen LogP) is 3.24. The fourth-order valence-electron chi connectivity index (χ4n) is 2.75. The Labute approximate surface area is 154 Å². The second kappa shape index (κ2) is 6.98. The molecule has 27 heavy (non-hydrogen) atoms. The number of hydrogen-bond donors (Lipinski definition) is 3. The molecule has 3 N–H and O–H groups in total. The largest absolute Gasteiger partial charge is 0.361 e. The highest BCUT2D eigenvalue weighted by molar-refractivity contribution is 5.89. The third kappa shape index (κ3) is 3.32. The highest BCUT2D eigenvalue weighted by Gasteiger charge is 2.12. The Balaban J connectivity index is 1.63. The van der Waals surface area contributed by atoms with E-state index in [-0.39, 0.29) is 11.5 Å². The lowest BCUT2D eigenvalue weighted by atomic mass is 10.1. The highest BCUT2D eigenvalue weighted by Crippen LogP contribution is 2.19. The van der Waals surface area contributed by atoms with Crippen molar-refractivity contribution in [2.45, 2.75) is 0 Å². The molecule has 0 aliphatic rings. The van der Waals surface area contributed by atoms with E-state index in [2.05, 4.69) is 25.5 Å². The van der Waals surface area contributed by atoms with Gasteiger partial charge in [-0.25, -0.2) is 10.4 Å². The zero-order valence-electron chi connectivity index (χ0n) is 14.1. The molecule has 0 aliphatic heterocycles. The van der Waals surface area contributed by atoms with E-state index in [1.165, 1.54) is 0 Å². The number of benzene rings is 2. The summed E-state index contributed by atoms with van der Waals surface area (Å²) in [7, 11) is 0. The van der Waals surface area contributed by atoms with Crippen LogP contribution in [0, 0.1) is 11.3 Å². The van der Waals surface area contributed by atoms with Crippen LogP contribution in [0.2, 0.25) is 0 Å². The van der Waals surface area contributed by atoms with Crippen molar-refractivity contribution in [3.05, 3.63) is 82.3 Å². The van der Waals surface area contributed by atoms with Gasteiger partial charge in [0.1, 0.15) is 11.6 Å². The van der Waals surface area contributed by atoms with Crippen LogP contribution in [-0.4, -0.2) is 21.2 Å². The van der Waals surface area contributed by atoms with Crippen LogP contribution in [-0.2, 0) is 0 Å². The zero-order valence-corrected chi connectivity index (χ0v) is 14.1. The standard InChI is InChI=1S/C20H14N6O/c21-11-16-18(14-4-2-1-3-5-14)24-20(25-19(16)27)26-23-12-13-6-7-17-15(10-13)8-9-22-17/h1-10,12,22H,(H2,24,25,26,27). The van der Waals surface area contributed by atoms with Gasteiger partial charge in [0, 0.05) is 17.3 Å². The summed E-state index contributed by atoms with van der Waals surface area (Å²) >= 11 is 0. The van der Waals surface area contributed by atoms with Crippen LogP contribution in [0.1, 0.15) is 11.1 Å². The molecule has 4 rings (SSSR count). The van der Waals surface area contributed by atoms with Crippen LogP contribution in [0.3, 0.4) is 0 Å². The minimum atomic E-state index is -0.516. The molecular weight excluding hydrogens is 340 g/mol. The Morgan fingerprint density at radius 3 is 2.81 bits per heavy atom. The molecule has 0 amide bonds. The van der Waals surface area contributed by atoms with Gasteiger partial charge >= 0.3 is 0 Å². The molecule has 0 bridgehead atoms. The van der Waals surface area contributed by atoms with Gasteiger partial charge in [0.15, 0.2) is 0 Å². The third-order valence-electron chi connectivity index (χ3n) is 4.04. The van der Waals surface area contributed by atoms with Crippen molar-refractivity contribution in [2.75, 3.05) is 5.43 Å². The number of hydrazone groups is 1. The molecule has 0 fully saturated rings. The van der Waals surface area contributed by atoms with Crippen LogP contribution < -0.4 is 11.0 Å². The summed E-state index contributed by atoms with van der Waals surface area (Å²) in [6.07, 6.45) is 3.51. The average molecular weight is 354 g/mol. The van der Waals surface area contributed by atoms with Crippen LogP contribution in [0.25, 0.3) is 22.2 Å². The van der Waals surface area contributed by atoms with E-state index in [1.54, 1.807) is 18.3 Å². The van der Waals surface area contributed by atoms with Gasteiger partial charge in [-0.3, -0.25) is 9.78 Å². The Hall–Kier alpha value is -4.18. The first kappa shape index (κ1) is 16.3. The lowest BCUT2D eigenvalue weighted by Crippen LogP contribution is -2.16. The molecule has 2 aromatic heterocycles. The minimum absolute atomic E-state index is 0.0337. The summed E-state index contributed by atoms with van der Waals surface area (Å²) in [6, 6.07) is 18.8. The maximum Gasteiger partial charge on any atom is 0.270 e. The van der Waals surface area contributed by atoms with Gasteiger partial charge in [0.2, 0.25) is 5.95 Å². The fraction of sp³-hybridized carbons (Fsp3) is 0. The van der Waals surface area contributed by atoms with Gasteiger partial charge in [-0.1, -0.05) is 36.4 Å². The number of aromatic nitrogens is 3. The van der Waals surface area contributed by atoms with Crippen molar-refractivity contribution in [1.29, 1.82) is 5.26 Å². The molecule has 4 aromatic rings. The number of anilines is 1. The van der Waals surface area contributed by atoms with Crippen LogP contribution >= 0.6 is 0 Å². The molecule has 0 atom stereocenters. The summed E-state index contributed by atoms with van der Waals surface area (Å²) in [5, 5.41) is 14.5. The van der Waals surface area contributed by atoms with Crippen molar-refractivity contribution in [3.8, 4) is 17.3 Å². The van der Waals surface area contributed by atoms with Gasteiger partial charge in [0.25, 0.3) is 5.56 Å². The van der Waals surface area contributed by atoms with Gasteiger partial charge in [-0.05, 0) is 29.1 Å². The first-order chi connectivity index (χ1) is 13.2. The average Bonchev–Trinajstić information content (AvgIpc) is 3.16. The Kier molecular flexibility index (Phi) is 4.21. The maximum atomic E-state index is 12.2. The molecule has 0 spiro atoms. The molecule has 0 aliphatic carbocycles. The minimum Gasteiger partial charge on any atom is -0.361 e. The first-order valence-corrected chi connectivity index (χ1v) is 8.20. The topological polar surface area (TPSA) is 110 Å². The Bertz CT molecular complexity index is 1230. The van der Waals surface area contributed by atoms with Crippen molar-refractivity contribution in [2.24, 2.45) is 5.10 Å². The molecule has 7 heteroatoms. The number of fused-ring (bicyclic) bond motifs is 1. The van der Waals surface area contributed by atoms with E-state index in [1.807, 2.05) is 54.7 Å². The maximum absolute atomic E-state index is 12.2. The van der Waals surface area contributed by atoms with Crippen LogP contribution in [0.5, 0.6) is 0 Å². The number of H-pyrrole nitrogens is 2. The van der Waals surface area contributed by atoms with Gasteiger partial charge < -0.3 is 4.98 Å². The van der Waals surface area contributed by atoms with Crippen molar-refractivity contribution in [1.82, 2.24) is 15.0 Å². The first-order valence-electron chi connectivity index (χ1n) is 8.20. The van der Waals surface area contributed by atoms with E-state index >= 15 is 0 Å². The van der Waals surface area contributed by atoms with E-state index in [9.17, 15) is 10.1 Å². The summed E-state index contributed by atoms with van der Waals surface area (Å²) in [5.41, 5.74) is 5.12. The van der Waals surface area contributed by atoms with E-state index in [0.717, 1.165) is 16.5 Å². The second-order valence-electron chi connectivity index (χ2n) is 5.81. The molecule has 2 aromatic carbocycles. The molecular formula is C20H14N6O. The molecule has 0 saturated carbocycles. The van der Waals surface area contributed by atoms with E-state index < -0.39 is 5.56 Å². The number of aromatic amines is 2. The molecule has 130 valence electrons. The van der Waals surface area contributed by atoms with Crippen molar-refractivity contribution >= 4 is 23.1 Å². The lowest BCUT2D eigenvalue weighted by molar-refractivity contribution is 1.08. The molecule has 7 nitrogen and oxygen atoms in total. The molecule has 2 heterocycles. The number of nitrogens with zero attached hydrogens (tertiary/aromatic N) is 3. The summed E-state index contributed by atoms with van der Waals surface area (Å²) in [4.78, 5) is 22.2. The predicted molar refractivity (Wildman–Crippen MR) is 105 cm³/mol. The van der Waals surface area contributed by atoms with E-state index in [0.29, 0.717) is 11.3 Å².